The maximum Gasteiger partial charge on any atom is 0.355 e. The highest BCUT2D eigenvalue weighted by molar-refractivity contribution is 6.34. The summed E-state index contributed by atoms with van der Waals surface area (Å²) in [6.45, 7) is 2.67. The van der Waals surface area contributed by atoms with Crippen LogP contribution in [0.15, 0.2) is 60.7 Å². The smallest absolute Gasteiger partial charge is 0.355 e. The van der Waals surface area contributed by atoms with Crippen LogP contribution < -0.4 is 14.2 Å². The first-order valence-electron chi connectivity index (χ1n) is 12.1. The van der Waals surface area contributed by atoms with Gasteiger partial charge in [0.05, 0.1) is 33.6 Å². The van der Waals surface area contributed by atoms with Crippen LogP contribution in [0.3, 0.4) is 0 Å². The molecule has 0 amide bonds. The molecule has 2 heterocycles. The second kappa shape index (κ2) is 10.2. The first-order chi connectivity index (χ1) is 18.0. The van der Waals surface area contributed by atoms with E-state index in [1.807, 2.05) is 67.6 Å². The summed E-state index contributed by atoms with van der Waals surface area (Å²) in [6.07, 6.45) is 0.716. The minimum atomic E-state index is -0.387. The molecule has 0 bridgehead atoms. The van der Waals surface area contributed by atoms with E-state index in [2.05, 4.69) is 4.57 Å². The highest BCUT2D eigenvalue weighted by Crippen LogP contribution is 2.50. The molecule has 5 rings (SSSR count). The normalized spacial score (nSPS) is 11.9. The highest BCUT2D eigenvalue weighted by atomic mass is 35.5. The average Bonchev–Trinajstić information content (AvgIpc) is 3.28. The van der Waals surface area contributed by atoms with Crippen molar-refractivity contribution in [2.24, 2.45) is 0 Å². The number of carbonyl (C=O) groups excluding carboxylic acids is 1. The standard InChI is InChI=1S/C30H28ClNO5/c1-5-37-30(33)29-27(21-8-6-7-9-23(21)31)26(18-10-12-20(34-2)13-11-18)28-22-17-25(36-4)24(35-3)16-19(22)14-15-32(28)29/h6-13,16-17H,5,14-15H2,1-4H3. The Morgan fingerprint density at radius 3 is 2.24 bits per heavy atom. The van der Waals surface area contributed by atoms with Crippen molar-refractivity contribution in [1.82, 2.24) is 4.57 Å². The minimum absolute atomic E-state index is 0.265. The fraction of sp³-hybridized carbons (Fsp3) is 0.233. The number of halogens is 1. The summed E-state index contributed by atoms with van der Waals surface area (Å²) >= 11 is 6.75. The Morgan fingerprint density at radius 1 is 0.892 bits per heavy atom. The predicted molar refractivity (Wildman–Crippen MR) is 145 cm³/mol. The molecule has 1 aliphatic heterocycles. The van der Waals surface area contributed by atoms with Gasteiger partial charge in [0, 0.05) is 33.8 Å². The van der Waals surface area contributed by atoms with Crippen LogP contribution in [0.25, 0.3) is 33.5 Å². The van der Waals surface area contributed by atoms with Crippen molar-refractivity contribution in [2.45, 2.75) is 19.9 Å². The number of hydrogen-bond donors (Lipinski definition) is 0. The van der Waals surface area contributed by atoms with E-state index in [4.69, 9.17) is 30.5 Å². The molecular formula is C30H28ClNO5. The molecule has 0 atom stereocenters. The number of fused-ring (bicyclic) bond motifs is 3. The summed E-state index contributed by atoms with van der Waals surface area (Å²) < 4.78 is 24.3. The van der Waals surface area contributed by atoms with E-state index >= 15 is 0 Å². The van der Waals surface area contributed by atoms with Crippen LogP contribution in [0.1, 0.15) is 23.0 Å². The Labute approximate surface area is 221 Å². The molecule has 4 aromatic rings. The Balaban J connectivity index is 1.93. The van der Waals surface area contributed by atoms with Crippen LogP contribution in [-0.2, 0) is 17.7 Å². The number of methoxy groups -OCH3 is 3. The fourth-order valence-corrected chi connectivity index (χ4v) is 5.31. The summed E-state index contributed by atoms with van der Waals surface area (Å²) in [5, 5.41) is 0.554. The number of aryl methyl sites for hydroxylation is 1. The van der Waals surface area contributed by atoms with Gasteiger partial charge < -0.3 is 23.5 Å². The Morgan fingerprint density at radius 2 is 1.59 bits per heavy atom. The monoisotopic (exact) mass is 517 g/mol. The van der Waals surface area contributed by atoms with Crippen LogP contribution in [0.5, 0.6) is 17.2 Å². The lowest BCUT2D eigenvalue weighted by molar-refractivity contribution is 0.0515. The highest BCUT2D eigenvalue weighted by Gasteiger charge is 2.34. The maximum absolute atomic E-state index is 13.6. The summed E-state index contributed by atoms with van der Waals surface area (Å²) in [6, 6.07) is 19.4. The average molecular weight is 518 g/mol. The van der Waals surface area contributed by atoms with Crippen molar-refractivity contribution in [2.75, 3.05) is 27.9 Å². The third kappa shape index (κ3) is 4.21. The third-order valence-electron chi connectivity index (χ3n) is 6.72. The van der Waals surface area contributed by atoms with Crippen LogP contribution in [0.2, 0.25) is 5.02 Å². The third-order valence-corrected chi connectivity index (χ3v) is 7.05. The van der Waals surface area contributed by atoms with E-state index in [1.165, 1.54) is 0 Å². The van der Waals surface area contributed by atoms with Crippen molar-refractivity contribution < 1.29 is 23.7 Å². The topological polar surface area (TPSA) is 58.9 Å². The number of hydrogen-bond acceptors (Lipinski definition) is 5. The molecule has 0 fully saturated rings. The van der Waals surface area contributed by atoms with E-state index in [-0.39, 0.29) is 12.6 Å². The molecule has 37 heavy (non-hydrogen) atoms. The van der Waals surface area contributed by atoms with Gasteiger partial charge in [-0.2, -0.15) is 0 Å². The molecule has 0 saturated heterocycles. The van der Waals surface area contributed by atoms with Crippen LogP contribution in [-0.4, -0.2) is 38.5 Å². The molecule has 1 aliphatic rings. The van der Waals surface area contributed by atoms with Crippen molar-refractivity contribution in [1.29, 1.82) is 0 Å². The molecule has 1 aromatic heterocycles. The summed E-state index contributed by atoms with van der Waals surface area (Å²) in [5.74, 6) is 1.65. The molecule has 0 aliphatic carbocycles. The van der Waals surface area contributed by atoms with Gasteiger partial charge in [0.2, 0.25) is 0 Å². The molecule has 0 radical (unpaired) electrons. The molecule has 0 spiro atoms. The number of rotatable bonds is 7. The first-order valence-corrected chi connectivity index (χ1v) is 12.5. The van der Waals surface area contributed by atoms with Gasteiger partial charge in [-0.3, -0.25) is 0 Å². The van der Waals surface area contributed by atoms with E-state index < -0.39 is 0 Å². The zero-order valence-corrected chi connectivity index (χ0v) is 22.0. The van der Waals surface area contributed by atoms with Crippen LogP contribution >= 0.6 is 11.6 Å². The number of esters is 1. The number of aromatic nitrogens is 1. The van der Waals surface area contributed by atoms with Gasteiger partial charge in [-0.25, -0.2) is 4.79 Å². The molecule has 0 unspecified atom stereocenters. The Kier molecular flexibility index (Phi) is 6.85. The van der Waals surface area contributed by atoms with E-state index in [0.29, 0.717) is 35.2 Å². The minimum Gasteiger partial charge on any atom is -0.497 e. The quantitative estimate of drug-likeness (QED) is 0.249. The van der Waals surface area contributed by atoms with Crippen molar-refractivity contribution >= 4 is 17.6 Å². The zero-order valence-electron chi connectivity index (χ0n) is 21.3. The first kappa shape index (κ1) is 24.8. The van der Waals surface area contributed by atoms with Gasteiger partial charge in [-0.05, 0) is 54.8 Å². The second-order valence-electron chi connectivity index (χ2n) is 8.64. The van der Waals surface area contributed by atoms with Gasteiger partial charge in [-0.15, -0.1) is 0 Å². The van der Waals surface area contributed by atoms with Crippen molar-refractivity contribution in [3.8, 4) is 50.8 Å². The van der Waals surface area contributed by atoms with Crippen molar-refractivity contribution in [3.05, 3.63) is 76.9 Å². The Bertz CT molecular complexity index is 1470. The lowest BCUT2D eigenvalue weighted by Gasteiger charge is -2.24. The van der Waals surface area contributed by atoms with Crippen LogP contribution in [0, 0.1) is 0 Å². The number of ether oxygens (including phenoxy) is 4. The van der Waals surface area contributed by atoms with E-state index in [0.717, 1.165) is 44.8 Å². The second-order valence-corrected chi connectivity index (χ2v) is 9.05. The van der Waals surface area contributed by atoms with Gasteiger partial charge >= 0.3 is 5.97 Å². The fourth-order valence-electron chi connectivity index (χ4n) is 5.08. The SMILES string of the molecule is CCOC(=O)c1c(-c2ccccc2Cl)c(-c2ccc(OC)cc2)c2n1CCc1cc(OC)c(OC)cc1-2. The van der Waals surface area contributed by atoms with Gasteiger partial charge in [-0.1, -0.05) is 41.9 Å². The zero-order chi connectivity index (χ0) is 26.1. The van der Waals surface area contributed by atoms with Gasteiger partial charge in [0.25, 0.3) is 0 Å². The Hall–Kier alpha value is -3.90. The number of carbonyl (C=O) groups is 1. The molecule has 0 saturated carbocycles. The van der Waals surface area contributed by atoms with Gasteiger partial charge in [0.15, 0.2) is 11.5 Å². The lowest BCUT2D eigenvalue weighted by atomic mass is 9.90. The lowest BCUT2D eigenvalue weighted by Crippen LogP contribution is -2.18. The van der Waals surface area contributed by atoms with E-state index in [9.17, 15) is 4.79 Å². The molecule has 0 N–H and O–H groups in total. The number of benzene rings is 3. The molecule has 7 heteroatoms. The summed E-state index contributed by atoms with van der Waals surface area (Å²) in [7, 11) is 4.89. The van der Waals surface area contributed by atoms with Gasteiger partial charge in [0.1, 0.15) is 11.4 Å². The number of nitrogens with zero attached hydrogens (tertiary/aromatic N) is 1. The van der Waals surface area contributed by atoms with Crippen molar-refractivity contribution in [3.63, 3.8) is 0 Å². The largest absolute Gasteiger partial charge is 0.497 e. The molecule has 3 aromatic carbocycles. The maximum atomic E-state index is 13.6. The molecule has 190 valence electrons. The van der Waals surface area contributed by atoms with Crippen LogP contribution in [0.4, 0.5) is 0 Å². The molecular weight excluding hydrogens is 490 g/mol. The molecule has 6 nitrogen and oxygen atoms in total. The summed E-state index contributed by atoms with van der Waals surface area (Å²) in [5.41, 5.74) is 6.80. The predicted octanol–water partition coefficient (Wildman–Crippen LogP) is 6.90. The summed E-state index contributed by atoms with van der Waals surface area (Å²) in [4.78, 5) is 13.6. The van der Waals surface area contributed by atoms with E-state index in [1.54, 1.807) is 21.3 Å².